The van der Waals surface area contributed by atoms with Gasteiger partial charge in [0.05, 0.1) is 0 Å². The molecule has 0 aromatic heterocycles. The summed E-state index contributed by atoms with van der Waals surface area (Å²) in [5, 5.41) is 2.70. The van der Waals surface area contributed by atoms with E-state index in [1.54, 1.807) is 6.92 Å². The van der Waals surface area contributed by atoms with Crippen LogP contribution >= 0.6 is 0 Å². The van der Waals surface area contributed by atoms with Crippen molar-refractivity contribution in [3.8, 4) is 0 Å². The zero-order valence-electron chi connectivity index (χ0n) is 7.96. The SMILES string of the molecule is CCC(N)CNC(=O)C(C)OC. The summed E-state index contributed by atoms with van der Waals surface area (Å²) in [6.07, 6.45) is 0.468. The molecule has 0 saturated heterocycles. The Morgan fingerprint density at radius 1 is 1.67 bits per heavy atom. The maximum absolute atomic E-state index is 11.1. The van der Waals surface area contributed by atoms with Crippen LogP contribution in [-0.4, -0.2) is 31.7 Å². The van der Waals surface area contributed by atoms with Gasteiger partial charge in [-0.3, -0.25) is 4.79 Å². The fraction of sp³-hybridized carbons (Fsp3) is 0.875. The second kappa shape index (κ2) is 5.97. The van der Waals surface area contributed by atoms with Crippen LogP contribution in [0.15, 0.2) is 0 Å². The molecule has 0 bridgehead atoms. The van der Waals surface area contributed by atoms with Gasteiger partial charge in [0.15, 0.2) is 0 Å². The van der Waals surface area contributed by atoms with Gasteiger partial charge in [-0.05, 0) is 13.3 Å². The van der Waals surface area contributed by atoms with Crippen molar-refractivity contribution >= 4 is 5.91 Å². The number of hydrogen-bond acceptors (Lipinski definition) is 3. The average molecular weight is 174 g/mol. The van der Waals surface area contributed by atoms with Crippen LogP contribution in [0.3, 0.4) is 0 Å². The van der Waals surface area contributed by atoms with Crippen LogP contribution in [0.1, 0.15) is 20.3 Å². The predicted molar refractivity (Wildman–Crippen MR) is 47.7 cm³/mol. The number of nitrogens with one attached hydrogen (secondary N) is 1. The molecule has 0 aromatic rings. The zero-order chi connectivity index (χ0) is 9.56. The third-order valence-corrected chi connectivity index (χ3v) is 1.79. The van der Waals surface area contributed by atoms with Gasteiger partial charge in [-0.25, -0.2) is 0 Å². The highest BCUT2D eigenvalue weighted by atomic mass is 16.5. The smallest absolute Gasteiger partial charge is 0.248 e. The van der Waals surface area contributed by atoms with E-state index in [0.29, 0.717) is 6.54 Å². The van der Waals surface area contributed by atoms with Crippen molar-refractivity contribution in [1.29, 1.82) is 0 Å². The molecule has 0 saturated carbocycles. The third-order valence-electron chi connectivity index (χ3n) is 1.79. The fourth-order valence-electron chi connectivity index (χ4n) is 0.627. The van der Waals surface area contributed by atoms with E-state index in [1.807, 2.05) is 6.92 Å². The highest BCUT2D eigenvalue weighted by Gasteiger charge is 2.11. The Bertz CT molecular complexity index is 139. The molecule has 0 fully saturated rings. The summed E-state index contributed by atoms with van der Waals surface area (Å²) in [6.45, 7) is 4.20. The number of rotatable bonds is 5. The van der Waals surface area contributed by atoms with Gasteiger partial charge < -0.3 is 15.8 Å². The van der Waals surface area contributed by atoms with Gasteiger partial charge in [-0.1, -0.05) is 6.92 Å². The summed E-state index contributed by atoms with van der Waals surface area (Å²) in [7, 11) is 1.50. The van der Waals surface area contributed by atoms with Crippen LogP contribution in [-0.2, 0) is 9.53 Å². The minimum absolute atomic E-state index is 0.0398. The lowest BCUT2D eigenvalue weighted by Crippen LogP contribution is -2.41. The van der Waals surface area contributed by atoms with Crippen LogP contribution in [0.25, 0.3) is 0 Å². The van der Waals surface area contributed by atoms with Gasteiger partial charge >= 0.3 is 0 Å². The number of carbonyl (C=O) groups is 1. The number of amides is 1. The Morgan fingerprint density at radius 3 is 2.67 bits per heavy atom. The van der Waals surface area contributed by atoms with Crippen molar-refractivity contribution in [2.75, 3.05) is 13.7 Å². The Morgan fingerprint density at radius 2 is 2.25 bits per heavy atom. The molecule has 0 radical (unpaired) electrons. The van der Waals surface area contributed by atoms with E-state index in [2.05, 4.69) is 5.32 Å². The Labute approximate surface area is 73.5 Å². The molecule has 0 aliphatic rings. The Balaban J connectivity index is 3.56. The van der Waals surface area contributed by atoms with E-state index in [4.69, 9.17) is 10.5 Å². The molecule has 3 N–H and O–H groups in total. The minimum atomic E-state index is -0.394. The second-order valence-electron chi connectivity index (χ2n) is 2.79. The normalized spacial score (nSPS) is 15.3. The molecule has 2 atom stereocenters. The maximum atomic E-state index is 11.1. The molecule has 0 aliphatic carbocycles. The van der Waals surface area contributed by atoms with E-state index in [0.717, 1.165) is 6.42 Å². The quantitative estimate of drug-likeness (QED) is 0.610. The van der Waals surface area contributed by atoms with Crippen LogP contribution in [0.4, 0.5) is 0 Å². The number of ether oxygens (including phenoxy) is 1. The van der Waals surface area contributed by atoms with Gasteiger partial charge in [-0.15, -0.1) is 0 Å². The van der Waals surface area contributed by atoms with Crippen molar-refractivity contribution in [2.24, 2.45) is 5.73 Å². The molecule has 0 spiro atoms. The van der Waals surface area contributed by atoms with Crippen LogP contribution in [0.2, 0.25) is 0 Å². The number of methoxy groups -OCH3 is 1. The molecular formula is C8H18N2O2. The summed E-state index contributed by atoms with van der Waals surface area (Å²) in [5.74, 6) is -0.110. The number of nitrogens with two attached hydrogens (primary N) is 1. The Hall–Kier alpha value is -0.610. The standard InChI is InChI=1S/C8H18N2O2/c1-4-7(9)5-10-8(11)6(2)12-3/h6-7H,4-5,9H2,1-3H3,(H,10,11). The molecular weight excluding hydrogens is 156 g/mol. The lowest BCUT2D eigenvalue weighted by Gasteiger charge is -2.13. The van der Waals surface area contributed by atoms with Gasteiger partial charge in [0.1, 0.15) is 6.10 Å². The van der Waals surface area contributed by atoms with Crippen molar-refractivity contribution in [3.05, 3.63) is 0 Å². The van der Waals surface area contributed by atoms with Crippen molar-refractivity contribution in [1.82, 2.24) is 5.32 Å². The van der Waals surface area contributed by atoms with Crippen LogP contribution < -0.4 is 11.1 Å². The molecule has 12 heavy (non-hydrogen) atoms. The molecule has 2 unspecified atom stereocenters. The van der Waals surface area contributed by atoms with Crippen LogP contribution in [0, 0.1) is 0 Å². The number of hydrogen-bond donors (Lipinski definition) is 2. The molecule has 0 aromatic carbocycles. The second-order valence-corrected chi connectivity index (χ2v) is 2.79. The zero-order valence-corrected chi connectivity index (χ0v) is 7.96. The van der Waals surface area contributed by atoms with Gasteiger partial charge in [0.2, 0.25) is 5.91 Å². The maximum Gasteiger partial charge on any atom is 0.248 e. The first-order chi connectivity index (χ1) is 5.61. The lowest BCUT2D eigenvalue weighted by molar-refractivity contribution is -0.130. The van der Waals surface area contributed by atoms with E-state index in [-0.39, 0.29) is 11.9 Å². The molecule has 72 valence electrons. The van der Waals surface area contributed by atoms with Gasteiger partial charge in [0.25, 0.3) is 0 Å². The third kappa shape index (κ3) is 4.31. The minimum Gasteiger partial charge on any atom is -0.372 e. The average Bonchev–Trinajstić information content (AvgIpc) is 2.11. The molecule has 1 amide bonds. The molecule has 0 heterocycles. The summed E-state index contributed by atoms with van der Waals surface area (Å²) >= 11 is 0. The monoisotopic (exact) mass is 174 g/mol. The molecule has 0 rings (SSSR count). The first-order valence-electron chi connectivity index (χ1n) is 4.17. The van der Waals surface area contributed by atoms with E-state index in [9.17, 15) is 4.79 Å². The van der Waals surface area contributed by atoms with Crippen molar-refractivity contribution < 1.29 is 9.53 Å². The molecule has 0 aliphatic heterocycles. The Kier molecular flexibility index (Phi) is 5.66. The largest absolute Gasteiger partial charge is 0.372 e. The number of carbonyl (C=O) groups excluding carboxylic acids is 1. The summed E-state index contributed by atoms with van der Waals surface area (Å²) in [5.41, 5.74) is 5.61. The summed E-state index contributed by atoms with van der Waals surface area (Å²) in [6, 6.07) is 0.0398. The molecule has 4 heteroatoms. The first-order valence-corrected chi connectivity index (χ1v) is 4.17. The van der Waals surface area contributed by atoms with Gasteiger partial charge in [-0.2, -0.15) is 0 Å². The van der Waals surface area contributed by atoms with E-state index < -0.39 is 6.10 Å². The highest BCUT2D eigenvalue weighted by molar-refractivity contribution is 5.80. The van der Waals surface area contributed by atoms with Crippen molar-refractivity contribution in [3.63, 3.8) is 0 Å². The summed E-state index contributed by atoms with van der Waals surface area (Å²) < 4.78 is 4.83. The fourth-order valence-corrected chi connectivity index (χ4v) is 0.627. The van der Waals surface area contributed by atoms with Crippen LogP contribution in [0.5, 0.6) is 0 Å². The summed E-state index contributed by atoms with van der Waals surface area (Å²) in [4.78, 5) is 11.1. The first kappa shape index (κ1) is 11.4. The lowest BCUT2D eigenvalue weighted by atomic mass is 10.2. The van der Waals surface area contributed by atoms with E-state index >= 15 is 0 Å². The topological polar surface area (TPSA) is 64.3 Å². The predicted octanol–water partition coefficient (Wildman–Crippen LogP) is -0.125. The van der Waals surface area contributed by atoms with E-state index in [1.165, 1.54) is 7.11 Å². The highest BCUT2D eigenvalue weighted by Crippen LogP contribution is 1.88. The van der Waals surface area contributed by atoms with Crippen molar-refractivity contribution in [2.45, 2.75) is 32.4 Å². The van der Waals surface area contributed by atoms with Gasteiger partial charge in [0, 0.05) is 19.7 Å². The molecule has 4 nitrogen and oxygen atoms in total.